The Morgan fingerprint density at radius 3 is 2.35 bits per heavy atom. The van der Waals surface area contributed by atoms with Crippen molar-refractivity contribution in [3.63, 3.8) is 0 Å². The number of hydrogen-bond acceptors (Lipinski definition) is 3. The number of anilines is 1. The Morgan fingerprint density at radius 2 is 1.73 bits per heavy atom. The van der Waals surface area contributed by atoms with Crippen LogP contribution in [0.25, 0.3) is 0 Å². The van der Waals surface area contributed by atoms with Crippen LogP contribution in [-0.2, 0) is 4.79 Å². The molecule has 2 aliphatic heterocycles. The van der Waals surface area contributed by atoms with Crippen molar-refractivity contribution in [1.29, 1.82) is 0 Å². The molecule has 4 nitrogen and oxygen atoms in total. The molecule has 0 N–H and O–H groups in total. The summed E-state index contributed by atoms with van der Waals surface area (Å²) in [6.45, 7) is 12.3. The Hall–Kier alpha value is -1.26. The van der Waals surface area contributed by atoms with E-state index < -0.39 is 0 Å². The highest BCUT2D eigenvalue weighted by molar-refractivity contribution is 6.30. The van der Waals surface area contributed by atoms with Crippen molar-refractivity contribution in [2.75, 3.05) is 31.1 Å². The Kier molecular flexibility index (Phi) is 6.13. The number of rotatable bonds is 3. The molecule has 1 aromatic rings. The molecule has 0 aliphatic carbocycles. The second-order valence-corrected chi connectivity index (χ2v) is 8.44. The number of halogens is 1. The van der Waals surface area contributed by atoms with Crippen LogP contribution in [0.2, 0.25) is 5.02 Å². The summed E-state index contributed by atoms with van der Waals surface area (Å²) in [5, 5.41) is 0.782. The SMILES string of the molecule is Cc1ccc(Cl)cc1N1CCN([C@@H](C)C(=O)N2[C@@H](C)CCC[C@@H]2C)CC1. The van der Waals surface area contributed by atoms with Crippen LogP contribution in [0.3, 0.4) is 0 Å². The molecule has 26 heavy (non-hydrogen) atoms. The van der Waals surface area contributed by atoms with Crippen LogP contribution in [0, 0.1) is 6.92 Å². The molecule has 2 aliphatic rings. The topological polar surface area (TPSA) is 26.8 Å². The molecular formula is C21H32ClN3O. The lowest BCUT2D eigenvalue weighted by molar-refractivity contribution is -0.142. The summed E-state index contributed by atoms with van der Waals surface area (Å²) < 4.78 is 0. The summed E-state index contributed by atoms with van der Waals surface area (Å²) in [7, 11) is 0. The van der Waals surface area contributed by atoms with Crippen molar-refractivity contribution >= 4 is 23.2 Å². The number of hydrogen-bond donors (Lipinski definition) is 0. The third-order valence-electron chi connectivity index (χ3n) is 6.18. The average molecular weight is 378 g/mol. The van der Waals surface area contributed by atoms with E-state index in [9.17, 15) is 4.79 Å². The lowest BCUT2D eigenvalue weighted by Gasteiger charge is -2.44. The number of benzene rings is 1. The Morgan fingerprint density at radius 1 is 1.12 bits per heavy atom. The van der Waals surface area contributed by atoms with Gasteiger partial charge in [-0.15, -0.1) is 0 Å². The van der Waals surface area contributed by atoms with Crippen LogP contribution >= 0.6 is 11.6 Å². The van der Waals surface area contributed by atoms with Crippen molar-refractivity contribution in [3.05, 3.63) is 28.8 Å². The molecule has 3 atom stereocenters. The van der Waals surface area contributed by atoms with E-state index >= 15 is 0 Å². The zero-order valence-electron chi connectivity index (χ0n) is 16.5. The van der Waals surface area contributed by atoms with E-state index in [1.54, 1.807) is 0 Å². The minimum absolute atomic E-state index is 0.0411. The quantitative estimate of drug-likeness (QED) is 0.798. The third kappa shape index (κ3) is 4.01. The van der Waals surface area contributed by atoms with Crippen molar-refractivity contribution in [3.8, 4) is 0 Å². The molecule has 0 bridgehead atoms. The van der Waals surface area contributed by atoms with Crippen molar-refractivity contribution in [2.45, 2.75) is 65.1 Å². The number of piperidine rings is 1. The van der Waals surface area contributed by atoms with E-state index in [2.05, 4.69) is 54.5 Å². The summed E-state index contributed by atoms with van der Waals surface area (Å²) in [4.78, 5) is 20.0. The minimum Gasteiger partial charge on any atom is -0.369 e. The van der Waals surface area contributed by atoms with Crippen LogP contribution in [0.4, 0.5) is 5.69 Å². The standard InChI is InChI=1S/C21H32ClN3O/c1-15-8-9-19(22)14-20(15)24-12-10-23(11-13-24)18(4)21(26)25-16(2)6-5-7-17(25)3/h8-9,14,16-18H,5-7,10-13H2,1-4H3/t16-,17-,18-/m0/s1. The van der Waals surface area contributed by atoms with Gasteiger partial charge in [-0.2, -0.15) is 0 Å². The van der Waals surface area contributed by atoms with E-state index in [1.807, 2.05) is 6.07 Å². The van der Waals surface area contributed by atoms with Gasteiger partial charge in [0.2, 0.25) is 5.91 Å². The van der Waals surface area contributed by atoms with Gasteiger partial charge in [0.1, 0.15) is 0 Å². The molecule has 0 saturated carbocycles. The number of carbonyl (C=O) groups is 1. The smallest absolute Gasteiger partial charge is 0.240 e. The Bertz CT molecular complexity index is 632. The summed E-state index contributed by atoms with van der Waals surface area (Å²) in [5.74, 6) is 0.303. The van der Waals surface area contributed by atoms with E-state index in [0.29, 0.717) is 18.0 Å². The molecule has 144 valence electrons. The first-order valence-corrected chi connectivity index (χ1v) is 10.3. The molecule has 0 radical (unpaired) electrons. The van der Waals surface area contributed by atoms with Crippen molar-refractivity contribution < 1.29 is 4.79 Å². The lowest BCUT2D eigenvalue weighted by Crippen LogP contribution is -2.58. The molecular weight excluding hydrogens is 346 g/mol. The van der Waals surface area contributed by atoms with Gasteiger partial charge in [-0.1, -0.05) is 17.7 Å². The molecule has 5 heteroatoms. The van der Waals surface area contributed by atoms with Gasteiger partial charge in [0, 0.05) is 49.0 Å². The second-order valence-electron chi connectivity index (χ2n) is 8.00. The van der Waals surface area contributed by atoms with Gasteiger partial charge in [-0.05, 0) is 64.7 Å². The predicted octanol–water partition coefficient (Wildman–Crippen LogP) is 3.95. The van der Waals surface area contributed by atoms with Gasteiger partial charge >= 0.3 is 0 Å². The molecule has 1 aromatic carbocycles. The number of aryl methyl sites for hydroxylation is 1. The molecule has 2 heterocycles. The fourth-order valence-corrected chi connectivity index (χ4v) is 4.67. The number of amides is 1. The highest BCUT2D eigenvalue weighted by Crippen LogP contribution is 2.27. The first kappa shape index (κ1) is 19.5. The van der Waals surface area contributed by atoms with Crippen molar-refractivity contribution in [2.24, 2.45) is 0 Å². The van der Waals surface area contributed by atoms with Crippen LogP contribution < -0.4 is 4.90 Å². The molecule has 3 rings (SSSR count). The number of likely N-dealkylation sites (tertiary alicyclic amines) is 1. The molecule has 1 amide bonds. The van der Waals surface area contributed by atoms with Gasteiger partial charge in [0.05, 0.1) is 6.04 Å². The Balaban J connectivity index is 1.62. The van der Waals surface area contributed by atoms with Gasteiger partial charge in [0.15, 0.2) is 0 Å². The maximum Gasteiger partial charge on any atom is 0.240 e. The molecule has 0 unspecified atom stereocenters. The van der Waals surface area contributed by atoms with Crippen LogP contribution in [0.15, 0.2) is 18.2 Å². The monoisotopic (exact) mass is 377 g/mol. The highest BCUT2D eigenvalue weighted by atomic mass is 35.5. The van der Waals surface area contributed by atoms with Crippen LogP contribution in [0.1, 0.15) is 45.6 Å². The van der Waals surface area contributed by atoms with E-state index in [0.717, 1.165) is 44.0 Å². The maximum absolute atomic E-state index is 13.1. The maximum atomic E-state index is 13.1. The van der Waals surface area contributed by atoms with E-state index in [-0.39, 0.29) is 6.04 Å². The normalized spacial score (nSPS) is 26.0. The zero-order valence-corrected chi connectivity index (χ0v) is 17.3. The number of carbonyl (C=O) groups excluding carboxylic acids is 1. The fraction of sp³-hybridized carbons (Fsp3) is 0.667. The Labute approximate surface area is 163 Å². The first-order chi connectivity index (χ1) is 12.4. The summed E-state index contributed by atoms with van der Waals surface area (Å²) in [6, 6.07) is 6.76. The lowest BCUT2D eigenvalue weighted by atomic mass is 9.96. The van der Waals surface area contributed by atoms with Gasteiger partial charge < -0.3 is 9.80 Å². The summed E-state index contributed by atoms with van der Waals surface area (Å²) in [5.41, 5.74) is 2.47. The van der Waals surface area contributed by atoms with E-state index in [4.69, 9.17) is 11.6 Å². The third-order valence-corrected chi connectivity index (χ3v) is 6.41. The predicted molar refractivity (Wildman–Crippen MR) is 109 cm³/mol. The number of nitrogens with zero attached hydrogens (tertiary/aromatic N) is 3. The zero-order chi connectivity index (χ0) is 18.8. The van der Waals surface area contributed by atoms with Crippen LogP contribution in [-0.4, -0.2) is 60.0 Å². The average Bonchev–Trinajstić information content (AvgIpc) is 2.63. The van der Waals surface area contributed by atoms with Crippen LogP contribution in [0.5, 0.6) is 0 Å². The highest BCUT2D eigenvalue weighted by Gasteiger charge is 2.35. The molecule has 2 fully saturated rings. The fourth-order valence-electron chi connectivity index (χ4n) is 4.50. The first-order valence-electron chi connectivity index (χ1n) is 9.96. The van der Waals surface area contributed by atoms with E-state index in [1.165, 1.54) is 17.7 Å². The summed E-state index contributed by atoms with van der Waals surface area (Å²) >= 11 is 6.18. The molecule has 2 saturated heterocycles. The minimum atomic E-state index is -0.0411. The molecule has 0 aromatic heterocycles. The van der Waals surface area contributed by atoms with Gasteiger partial charge in [0.25, 0.3) is 0 Å². The summed E-state index contributed by atoms with van der Waals surface area (Å²) in [6.07, 6.45) is 3.49. The van der Waals surface area contributed by atoms with Crippen molar-refractivity contribution in [1.82, 2.24) is 9.80 Å². The van der Waals surface area contributed by atoms with Gasteiger partial charge in [-0.3, -0.25) is 9.69 Å². The molecule has 0 spiro atoms. The largest absolute Gasteiger partial charge is 0.369 e. The van der Waals surface area contributed by atoms with Gasteiger partial charge in [-0.25, -0.2) is 0 Å². The number of piperazine rings is 1. The second kappa shape index (κ2) is 8.18.